The van der Waals surface area contributed by atoms with Gasteiger partial charge in [-0.3, -0.25) is 4.90 Å². The van der Waals surface area contributed by atoms with Crippen LogP contribution in [0.25, 0.3) is 0 Å². The maximum atomic E-state index is 5.08. The Balaban J connectivity index is 2.17. The number of ether oxygens (including phenoxy) is 1. The Morgan fingerprint density at radius 3 is 2.53 bits per heavy atom. The van der Waals surface area contributed by atoms with Gasteiger partial charge in [0.2, 0.25) is 0 Å². The van der Waals surface area contributed by atoms with Crippen LogP contribution in [0.1, 0.15) is 38.5 Å². The van der Waals surface area contributed by atoms with Crippen LogP contribution >= 0.6 is 15.9 Å². The van der Waals surface area contributed by atoms with Crippen LogP contribution in [0.3, 0.4) is 0 Å². The SMILES string of the molecule is COCCCCN(CCBr)C1CCCC1. The number of hydrogen-bond acceptors (Lipinski definition) is 2. The van der Waals surface area contributed by atoms with E-state index in [1.54, 1.807) is 7.11 Å². The van der Waals surface area contributed by atoms with E-state index in [-0.39, 0.29) is 0 Å². The number of rotatable bonds is 8. The van der Waals surface area contributed by atoms with Gasteiger partial charge in [-0.05, 0) is 32.2 Å². The molecule has 0 spiro atoms. The summed E-state index contributed by atoms with van der Waals surface area (Å²) in [5.74, 6) is 0. The molecule has 3 heteroatoms. The summed E-state index contributed by atoms with van der Waals surface area (Å²) >= 11 is 3.55. The molecule has 90 valence electrons. The summed E-state index contributed by atoms with van der Waals surface area (Å²) < 4.78 is 5.08. The molecule has 0 aromatic heterocycles. The van der Waals surface area contributed by atoms with Crippen LogP contribution in [0.15, 0.2) is 0 Å². The third kappa shape index (κ3) is 5.32. The lowest BCUT2D eigenvalue weighted by molar-refractivity contribution is 0.171. The molecule has 0 aliphatic heterocycles. The Bertz CT molecular complexity index is 149. The standard InChI is InChI=1S/C12H24BrNO/c1-15-11-5-4-9-14(10-8-13)12-6-2-3-7-12/h12H,2-11H2,1H3. The molecule has 0 unspecified atom stereocenters. The molecule has 1 aliphatic rings. The van der Waals surface area contributed by atoms with E-state index in [2.05, 4.69) is 20.8 Å². The predicted octanol–water partition coefficient (Wildman–Crippen LogP) is 3.05. The van der Waals surface area contributed by atoms with Crippen LogP contribution in [0.4, 0.5) is 0 Å². The van der Waals surface area contributed by atoms with E-state index in [1.807, 2.05) is 0 Å². The molecule has 0 atom stereocenters. The van der Waals surface area contributed by atoms with Crippen molar-refractivity contribution in [1.29, 1.82) is 0 Å². The summed E-state index contributed by atoms with van der Waals surface area (Å²) in [4.78, 5) is 2.66. The predicted molar refractivity (Wildman–Crippen MR) is 68.7 cm³/mol. The molecule has 1 rings (SSSR count). The van der Waals surface area contributed by atoms with Crippen LogP contribution in [0, 0.1) is 0 Å². The van der Waals surface area contributed by atoms with E-state index in [1.165, 1.54) is 51.6 Å². The molecule has 2 nitrogen and oxygen atoms in total. The van der Waals surface area contributed by atoms with Crippen molar-refractivity contribution in [3.05, 3.63) is 0 Å². The maximum Gasteiger partial charge on any atom is 0.0462 e. The highest BCUT2D eigenvalue weighted by molar-refractivity contribution is 9.09. The first-order valence-corrected chi connectivity index (χ1v) is 7.29. The molecular weight excluding hydrogens is 254 g/mol. The third-order valence-electron chi connectivity index (χ3n) is 3.26. The summed E-state index contributed by atoms with van der Waals surface area (Å²) in [6.45, 7) is 3.37. The van der Waals surface area contributed by atoms with E-state index in [9.17, 15) is 0 Å². The number of nitrogens with zero attached hydrogens (tertiary/aromatic N) is 1. The van der Waals surface area contributed by atoms with E-state index in [4.69, 9.17) is 4.74 Å². The lowest BCUT2D eigenvalue weighted by Crippen LogP contribution is -2.35. The van der Waals surface area contributed by atoms with Gasteiger partial charge in [-0.2, -0.15) is 0 Å². The van der Waals surface area contributed by atoms with Crippen molar-refractivity contribution >= 4 is 15.9 Å². The maximum absolute atomic E-state index is 5.08. The molecule has 0 aromatic rings. The molecule has 1 saturated carbocycles. The fraction of sp³-hybridized carbons (Fsp3) is 1.00. The minimum absolute atomic E-state index is 0.866. The van der Waals surface area contributed by atoms with E-state index >= 15 is 0 Å². The van der Waals surface area contributed by atoms with Crippen LogP contribution in [0.2, 0.25) is 0 Å². The smallest absolute Gasteiger partial charge is 0.0462 e. The van der Waals surface area contributed by atoms with Gasteiger partial charge in [-0.25, -0.2) is 0 Å². The minimum Gasteiger partial charge on any atom is -0.385 e. The molecule has 0 saturated heterocycles. The fourth-order valence-corrected chi connectivity index (χ4v) is 2.87. The van der Waals surface area contributed by atoms with Gasteiger partial charge >= 0.3 is 0 Å². The zero-order chi connectivity index (χ0) is 10.9. The van der Waals surface area contributed by atoms with Crippen LogP contribution < -0.4 is 0 Å². The molecule has 0 amide bonds. The average molecular weight is 278 g/mol. The van der Waals surface area contributed by atoms with E-state index in [0.717, 1.165) is 18.0 Å². The van der Waals surface area contributed by atoms with Crippen molar-refractivity contribution in [2.24, 2.45) is 0 Å². The summed E-state index contributed by atoms with van der Waals surface area (Å²) in [5.41, 5.74) is 0. The number of hydrogen-bond donors (Lipinski definition) is 0. The first-order valence-electron chi connectivity index (χ1n) is 6.17. The average Bonchev–Trinajstić information content (AvgIpc) is 2.76. The fourth-order valence-electron chi connectivity index (χ4n) is 2.42. The molecular formula is C12H24BrNO. The molecule has 15 heavy (non-hydrogen) atoms. The van der Waals surface area contributed by atoms with Crippen molar-refractivity contribution < 1.29 is 4.74 Å². The Kier molecular flexibility index (Phi) is 7.67. The van der Waals surface area contributed by atoms with Gasteiger partial charge in [0.15, 0.2) is 0 Å². The van der Waals surface area contributed by atoms with Crippen LogP contribution in [-0.2, 0) is 4.74 Å². The Morgan fingerprint density at radius 1 is 1.20 bits per heavy atom. The Labute approximate surface area is 102 Å². The van der Waals surface area contributed by atoms with Gasteiger partial charge in [0, 0.05) is 31.6 Å². The Hall–Kier alpha value is 0.400. The number of alkyl halides is 1. The van der Waals surface area contributed by atoms with E-state index in [0.29, 0.717) is 0 Å². The minimum atomic E-state index is 0.866. The second-order valence-corrected chi connectivity index (χ2v) is 5.16. The molecule has 1 fully saturated rings. The molecule has 0 N–H and O–H groups in total. The van der Waals surface area contributed by atoms with Crippen molar-refractivity contribution in [3.8, 4) is 0 Å². The normalized spacial score (nSPS) is 17.8. The lowest BCUT2D eigenvalue weighted by Gasteiger charge is -2.28. The quantitative estimate of drug-likeness (QED) is 0.500. The summed E-state index contributed by atoms with van der Waals surface area (Å²) in [6, 6.07) is 0.866. The third-order valence-corrected chi connectivity index (χ3v) is 3.61. The second-order valence-electron chi connectivity index (χ2n) is 4.36. The van der Waals surface area contributed by atoms with Crippen molar-refractivity contribution in [2.45, 2.75) is 44.6 Å². The number of methoxy groups -OCH3 is 1. The monoisotopic (exact) mass is 277 g/mol. The molecule has 1 aliphatic carbocycles. The first-order chi connectivity index (χ1) is 7.38. The molecule has 0 aromatic carbocycles. The van der Waals surface area contributed by atoms with Crippen molar-refractivity contribution in [2.75, 3.05) is 32.1 Å². The molecule has 0 heterocycles. The Morgan fingerprint density at radius 2 is 1.93 bits per heavy atom. The van der Waals surface area contributed by atoms with Gasteiger partial charge in [-0.15, -0.1) is 0 Å². The summed E-state index contributed by atoms with van der Waals surface area (Å²) in [6.07, 6.45) is 8.16. The zero-order valence-electron chi connectivity index (χ0n) is 9.88. The van der Waals surface area contributed by atoms with E-state index < -0.39 is 0 Å². The topological polar surface area (TPSA) is 12.5 Å². The highest BCUT2D eigenvalue weighted by atomic mass is 79.9. The molecule has 0 bridgehead atoms. The number of halogens is 1. The molecule has 0 radical (unpaired) electrons. The second kappa shape index (κ2) is 8.54. The highest BCUT2D eigenvalue weighted by Gasteiger charge is 2.21. The van der Waals surface area contributed by atoms with Gasteiger partial charge in [0.1, 0.15) is 0 Å². The zero-order valence-corrected chi connectivity index (χ0v) is 11.5. The number of unbranched alkanes of at least 4 members (excludes halogenated alkanes) is 1. The summed E-state index contributed by atoms with van der Waals surface area (Å²) in [5, 5.41) is 1.10. The van der Waals surface area contributed by atoms with Crippen molar-refractivity contribution in [1.82, 2.24) is 4.90 Å². The lowest BCUT2D eigenvalue weighted by atomic mass is 10.2. The van der Waals surface area contributed by atoms with Gasteiger partial charge in [-0.1, -0.05) is 28.8 Å². The summed E-state index contributed by atoms with van der Waals surface area (Å²) in [7, 11) is 1.78. The van der Waals surface area contributed by atoms with Crippen LogP contribution in [-0.4, -0.2) is 43.1 Å². The first kappa shape index (κ1) is 13.5. The van der Waals surface area contributed by atoms with Gasteiger partial charge in [0.25, 0.3) is 0 Å². The van der Waals surface area contributed by atoms with Gasteiger partial charge < -0.3 is 4.74 Å². The van der Waals surface area contributed by atoms with Crippen molar-refractivity contribution in [3.63, 3.8) is 0 Å². The largest absolute Gasteiger partial charge is 0.385 e. The van der Waals surface area contributed by atoms with Gasteiger partial charge in [0.05, 0.1) is 0 Å². The highest BCUT2D eigenvalue weighted by Crippen LogP contribution is 2.23. The van der Waals surface area contributed by atoms with Crippen LogP contribution in [0.5, 0.6) is 0 Å².